The molecule has 0 spiro atoms. The molecule has 2 aliphatic rings. The lowest BCUT2D eigenvalue weighted by molar-refractivity contribution is -0.136. The van der Waals surface area contributed by atoms with Crippen LogP contribution in [0.1, 0.15) is 45.5 Å². The summed E-state index contributed by atoms with van der Waals surface area (Å²) in [6, 6.07) is 9.87. The van der Waals surface area contributed by atoms with Crippen molar-refractivity contribution in [3.63, 3.8) is 0 Å². The number of fused-ring (bicyclic) bond motifs is 1. The Kier molecular flexibility index (Phi) is 9.07. The summed E-state index contributed by atoms with van der Waals surface area (Å²) in [5, 5.41) is 5.29. The van der Waals surface area contributed by atoms with Crippen LogP contribution in [0.25, 0.3) is 0 Å². The molecule has 2 aliphatic heterocycles. The number of nitrogens with one attached hydrogen (secondary N) is 2. The number of ether oxygens (including phenoxy) is 2. The largest absolute Gasteiger partial charge is 0.382 e. The third kappa shape index (κ3) is 6.87. The summed E-state index contributed by atoms with van der Waals surface area (Å²) in [6.45, 7) is 1.94. The topological polar surface area (TPSA) is 168 Å². The zero-order valence-electron chi connectivity index (χ0n) is 21.1. The number of amides is 4. The van der Waals surface area contributed by atoms with Crippen LogP contribution in [0.2, 0.25) is 0 Å². The molecule has 1 saturated heterocycles. The average molecular weight is 560 g/mol. The molecule has 4 amide bonds. The first-order chi connectivity index (χ1) is 18.7. The number of rotatable bonds is 13. The maximum absolute atomic E-state index is 13.1. The van der Waals surface area contributed by atoms with Crippen LogP contribution in [0.15, 0.2) is 47.4 Å². The Hall–Kier alpha value is -3.65. The summed E-state index contributed by atoms with van der Waals surface area (Å²) in [6.07, 6.45) is 1.58. The van der Waals surface area contributed by atoms with E-state index in [2.05, 4.69) is 10.6 Å². The number of aryl methyl sites for hydroxylation is 1. The molecule has 0 bridgehead atoms. The fourth-order valence-corrected chi connectivity index (χ4v) is 4.93. The molecule has 208 valence electrons. The monoisotopic (exact) mass is 559 g/mol. The van der Waals surface area contributed by atoms with Gasteiger partial charge >= 0.3 is 0 Å². The van der Waals surface area contributed by atoms with Crippen molar-refractivity contribution in [2.24, 2.45) is 0 Å². The molecule has 0 aromatic heterocycles. The number of nitrogens with zero attached hydrogens (tertiary/aromatic N) is 1. The van der Waals surface area contributed by atoms with Crippen molar-refractivity contribution in [3.05, 3.63) is 59.2 Å². The van der Waals surface area contributed by atoms with E-state index >= 15 is 0 Å². The molecule has 3 N–H and O–H groups in total. The van der Waals surface area contributed by atoms with Crippen LogP contribution in [-0.4, -0.2) is 80.5 Å². The highest BCUT2D eigenvalue weighted by Gasteiger charge is 2.45. The van der Waals surface area contributed by atoms with Crippen LogP contribution in [0.4, 0.5) is 5.69 Å². The van der Waals surface area contributed by atoms with Crippen molar-refractivity contribution in [1.82, 2.24) is 10.2 Å². The first-order valence-electron chi connectivity index (χ1n) is 12.5. The van der Waals surface area contributed by atoms with E-state index in [0.717, 1.165) is 16.9 Å². The molecule has 1 fully saturated rings. The van der Waals surface area contributed by atoms with Crippen LogP contribution < -0.4 is 10.6 Å². The number of piperidine rings is 1. The average Bonchev–Trinajstić information content (AvgIpc) is 3.15. The Morgan fingerprint density at radius 2 is 1.67 bits per heavy atom. The minimum Gasteiger partial charge on any atom is -0.382 e. The molecule has 2 heterocycles. The summed E-state index contributed by atoms with van der Waals surface area (Å²) in [4.78, 5) is 50.4. The lowest BCUT2D eigenvalue weighted by Crippen LogP contribution is -2.54. The third-order valence-electron chi connectivity index (χ3n) is 6.38. The van der Waals surface area contributed by atoms with Gasteiger partial charge in [-0.05, 0) is 49.1 Å². The van der Waals surface area contributed by atoms with Gasteiger partial charge in [-0.15, -0.1) is 0 Å². The normalized spacial score (nSPS) is 17.4. The van der Waals surface area contributed by atoms with E-state index < -0.39 is 39.8 Å². The number of hydrogen-bond donors (Lipinski definition) is 3. The minimum absolute atomic E-state index is 0.0590. The molecule has 4 rings (SSSR count). The Labute approximate surface area is 225 Å². The second-order valence-electron chi connectivity index (χ2n) is 9.05. The summed E-state index contributed by atoms with van der Waals surface area (Å²) >= 11 is 0. The summed E-state index contributed by atoms with van der Waals surface area (Å²) < 4.78 is 42.2. The molecule has 0 radical (unpaired) electrons. The lowest BCUT2D eigenvalue weighted by atomic mass is 10.0. The van der Waals surface area contributed by atoms with E-state index in [0.29, 0.717) is 45.1 Å². The maximum atomic E-state index is 13.1. The van der Waals surface area contributed by atoms with Gasteiger partial charge in [-0.25, -0.2) is 0 Å². The number of imide groups is 2. The minimum atomic E-state index is -4.19. The molecule has 1 unspecified atom stereocenters. The number of benzene rings is 2. The standard InChI is InChI=1S/C26H29N3O9S/c30-22-11-10-21(24(31)28-22)29-25(32)19-4-1-5-20(23(19)26(29)33)27-12-14-38-16-15-37-13-2-3-17-6-8-18(9-7-17)39(34,35)36/h1,4-9,21,27H,2-3,10-16H2,(H,28,30,31)(H,34,35,36). The Morgan fingerprint density at radius 3 is 2.36 bits per heavy atom. The highest BCUT2D eigenvalue weighted by atomic mass is 32.2. The molecule has 2 aromatic carbocycles. The van der Waals surface area contributed by atoms with Crippen LogP contribution in [-0.2, 0) is 35.6 Å². The predicted octanol–water partition coefficient (Wildman–Crippen LogP) is 1.41. The number of carbonyl (C=O) groups excluding carboxylic acids is 4. The third-order valence-corrected chi connectivity index (χ3v) is 7.25. The fourth-order valence-electron chi connectivity index (χ4n) is 4.45. The van der Waals surface area contributed by atoms with Gasteiger partial charge in [-0.3, -0.25) is 33.9 Å². The molecule has 0 aliphatic carbocycles. The second-order valence-corrected chi connectivity index (χ2v) is 10.5. The van der Waals surface area contributed by atoms with Crippen LogP contribution in [0, 0.1) is 0 Å². The Balaban J connectivity index is 1.15. The van der Waals surface area contributed by atoms with Gasteiger partial charge in [0.25, 0.3) is 21.9 Å². The summed E-state index contributed by atoms with van der Waals surface area (Å²) in [5.74, 6) is -2.21. The van der Waals surface area contributed by atoms with Crippen molar-refractivity contribution in [3.8, 4) is 0 Å². The molecule has 39 heavy (non-hydrogen) atoms. The van der Waals surface area contributed by atoms with E-state index in [-0.39, 0.29) is 28.9 Å². The van der Waals surface area contributed by atoms with Gasteiger partial charge < -0.3 is 14.8 Å². The zero-order valence-corrected chi connectivity index (χ0v) is 21.9. The summed E-state index contributed by atoms with van der Waals surface area (Å²) in [5.41, 5.74) is 1.80. The number of hydrogen-bond acceptors (Lipinski definition) is 9. The van der Waals surface area contributed by atoms with E-state index in [9.17, 15) is 27.6 Å². The first-order valence-corrected chi connectivity index (χ1v) is 13.9. The maximum Gasteiger partial charge on any atom is 0.294 e. The van der Waals surface area contributed by atoms with Crippen molar-refractivity contribution >= 4 is 39.4 Å². The van der Waals surface area contributed by atoms with Gasteiger partial charge in [-0.2, -0.15) is 8.42 Å². The zero-order chi connectivity index (χ0) is 28.0. The smallest absolute Gasteiger partial charge is 0.294 e. The van der Waals surface area contributed by atoms with Gasteiger partial charge in [0.1, 0.15) is 6.04 Å². The van der Waals surface area contributed by atoms with Crippen molar-refractivity contribution < 1.29 is 41.6 Å². The van der Waals surface area contributed by atoms with Crippen molar-refractivity contribution in [1.29, 1.82) is 0 Å². The molecule has 1 atom stereocenters. The van der Waals surface area contributed by atoms with E-state index in [4.69, 9.17) is 14.0 Å². The molecule has 2 aromatic rings. The van der Waals surface area contributed by atoms with Gasteiger partial charge in [0.05, 0.1) is 35.8 Å². The Bertz CT molecular complexity index is 1360. The fraction of sp³-hybridized carbons (Fsp3) is 0.385. The lowest BCUT2D eigenvalue weighted by Gasteiger charge is -2.27. The summed E-state index contributed by atoms with van der Waals surface area (Å²) in [7, 11) is -4.19. The molecule has 13 heteroatoms. The predicted molar refractivity (Wildman–Crippen MR) is 138 cm³/mol. The second kappa shape index (κ2) is 12.5. The molecule has 12 nitrogen and oxygen atoms in total. The van der Waals surface area contributed by atoms with Gasteiger partial charge in [0, 0.05) is 25.3 Å². The van der Waals surface area contributed by atoms with Crippen LogP contribution in [0.3, 0.4) is 0 Å². The highest BCUT2D eigenvalue weighted by molar-refractivity contribution is 7.85. The quantitative estimate of drug-likeness (QED) is 0.185. The van der Waals surface area contributed by atoms with E-state index in [1.54, 1.807) is 24.3 Å². The van der Waals surface area contributed by atoms with Gasteiger partial charge in [0.15, 0.2) is 0 Å². The SMILES string of the molecule is O=C1CCC(N2C(=O)c3cccc(NCCOCCOCCCc4ccc(S(=O)(=O)O)cc4)c3C2=O)C(=O)N1. The number of anilines is 1. The highest BCUT2D eigenvalue weighted by Crippen LogP contribution is 2.32. The Morgan fingerprint density at radius 1 is 0.949 bits per heavy atom. The van der Waals surface area contributed by atoms with Crippen LogP contribution >= 0.6 is 0 Å². The molecular weight excluding hydrogens is 530 g/mol. The van der Waals surface area contributed by atoms with E-state index in [1.807, 2.05) is 0 Å². The first kappa shape index (κ1) is 28.4. The van der Waals surface area contributed by atoms with Gasteiger partial charge in [-0.1, -0.05) is 18.2 Å². The number of carbonyl (C=O) groups is 4. The van der Waals surface area contributed by atoms with Crippen LogP contribution in [0.5, 0.6) is 0 Å². The van der Waals surface area contributed by atoms with Gasteiger partial charge in [0.2, 0.25) is 11.8 Å². The molecule has 0 saturated carbocycles. The molecular formula is C26H29N3O9S. The van der Waals surface area contributed by atoms with Crippen molar-refractivity contribution in [2.75, 3.05) is 38.3 Å². The van der Waals surface area contributed by atoms with Crippen molar-refractivity contribution in [2.45, 2.75) is 36.6 Å². The van der Waals surface area contributed by atoms with E-state index in [1.165, 1.54) is 18.2 Å².